The Bertz CT molecular complexity index is 715. The van der Waals surface area contributed by atoms with Crippen molar-refractivity contribution in [1.29, 1.82) is 0 Å². The van der Waals surface area contributed by atoms with Crippen LogP contribution in [0.15, 0.2) is 48.5 Å². The quantitative estimate of drug-likeness (QED) is 0.715. The van der Waals surface area contributed by atoms with Crippen molar-refractivity contribution in [3.05, 3.63) is 71.0 Å². The van der Waals surface area contributed by atoms with Crippen molar-refractivity contribution in [2.24, 2.45) is 5.92 Å². The van der Waals surface area contributed by atoms with Crippen LogP contribution in [0.3, 0.4) is 0 Å². The summed E-state index contributed by atoms with van der Waals surface area (Å²) in [6.45, 7) is 3.24. The van der Waals surface area contributed by atoms with Crippen molar-refractivity contribution in [3.8, 4) is 0 Å². The maximum Gasteiger partial charge on any atom is 0.254 e. The zero-order valence-corrected chi connectivity index (χ0v) is 14.8. The highest BCUT2D eigenvalue weighted by molar-refractivity contribution is 5.94. The zero-order chi connectivity index (χ0) is 18.2. The van der Waals surface area contributed by atoms with Gasteiger partial charge in [-0.15, -0.1) is 0 Å². The predicted molar refractivity (Wildman–Crippen MR) is 99.5 cm³/mol. The minimum absolute atomic E-state index is 0.108. The van der Waals surface area contributed by atoms with E-state index in [0.29, 0.717) is 25.7 Å². The fourth-order valence-electron chi connectivity index (χ4n) is 3.19. The van der Waals surface area contributed by atoms with Gasteiger partial charge in [0.15, 0.2) is 0 Å². The molecule has 5 heteroatoms. The summed E-state index contributed by atoms with van der Waals surface area (Å²) in [4.78, 5) is 12.3. The van der Waals surface area contributed by atoms with E-state index in [-0.39, 0.29) is 5.56 Å². The van der Waals surface area contributed by atoms with Crippen LogP contribution in [-0.4, -0.2) is 32.1 Å². The molecular weight excluding hydrogens is 331 g/mol. The summed E-state index contributed by atoms with van der Waals surface area (Å²) < 4.78 is 19.6. The van der Waals surface area contributed by atoms with Crippen LogP contribution >= 0.6 is 0 Å². The Balaban J connectivity index is 1.46. The third-order valence-corrected chi connectivity index (χ3v) is 4.61. The molecule has 0 aliphatic carbocycles. The first-order valence-electron chi connectivity index (χ1n) is 9.11. The summed E-state index contributed by atoms with van der Waals surface area (Å²) >= 11 is 0. The molecule has 1 unspecified atom stereocenters. The highest BCUT2D eigenvalue weighted by atomic mass is 19.1. The van der Waals surface area contributed by atoms with Crippen molar-refractivity contribution >= 4 is 5.91 Å². The van der Waals surface area contributed by atoms with Crippen molar-refractivity contribution < 1.29 is 13.9 Å². The number of rotatable bonds is 8. The molecule has 2 aromatic carbocycles. The van der Waals surface area contributed by atoms with Gasteiger partial charge in [0.1, 0.15) is 5.82 Å². The van der Waals surface area contributed by atoms with Crippen LogP contribution in [0, 0.1) is 11.7 Å². The SMILES string of the molecule is O=C(NCCOCc1ccccc1)c1cc(CC2CCNC2)ccc1F. The van der Waals surface area contributed by atoms with Gasteiger partial charge in [-0.25, -0.2) is 4.39 Å². The molecule has 0 saturated carbocycles. The summed E-state index contributed by atoms with van der Waals surface area (Å²) in [6.07, 6.45) is 1.99. The summed E-state index contributed by atoms with van der Waals surface area (Å²) in [7, 11) is 0. The van der Waals surface area contributed by atoms with Crippen LogP contribution in [-0.2, 0) is 17.8 Å². The molecule has 0 radical (unpaired) electrons. The molecule has 3 rings (SSSR count). The van der Waals surface area contributed by atoms with Crippen LogP contribution in [0.1, 0.15) is 27.9 Å². The number of hydrogen-bond donors (Lipinski definition) is 2. The van der Waals surface area contributed by atoms with Crippen molar-refractivity contribution in [1.82, 2.24) is 10.6 Å². The van der Waals surface area contributed by atoms with Gasteiger partial charge in [-0.2, -0.15) is 0 Å². The van der Waals surface area contributed by atoms with E-state index < -0.39 is 11.7 Å². The van der Waals surface area contributed by atoms with Crippen LogP contribution in [0.4, 0.5) is 4.39 Å². The molecule has 1 fully saturated rings. The third kappa shape index (κ3) is 5.38. The summed E-state index contributed by atoms with van der Waals surface area (Å²) in [5.41, 5.74) is 2.20. The van der Waals surface area contributed by atoms with Crippen LogP contribution in [0.5, 0.6) is 0 Å². The van der Waals surface area contributed by atoms with Crippen LogP contribution in [0.2, 0.25) is 0 Å². The summed E-state index contributed by atoms with van der Waals surface area (Å²) in [5, 5.41) is 6.06. The number of benzene rings is 2. The molecule has 0 bridgehead atoms. The maximum atomic E-state index is 14.0. The fraction of sp³-hybridized carbons (Fsp3) is 0.381. The van der Waals surface area contributed by atoms with Crippen molar-refractivity contribution in [3.63, 3.8) is 0 Å². The number of amides is 1. The molecule has 1 aliphatic rings. The minimum Gasteiger partial charge on any atom is -0.375 e. The Kier molecular flexibility index (Phi) is 6.75. The van der Waals surface area contributed by atoms with Gasteiger partial charge in [-0.05, 0) is 55.1 Å². The molecule has 2 N–H and O–H groups in total. The van der Waals surface area contributed by atoms with E-state index in [4.69, 9.17) is 4.74 Å². The molecule has 138 valence electrons. The average Bonchev–Trinajstić information content (AvgIpc) is 3.17. The smallest absolute Gasteiger partial charge is 0.254 e. The molecule has 1 amide bonds. The number of ether oxygens (including phenoxy) is 1. The predicted octanol–water partition coefficient (Wildman–Crippen LogP) is 2.92. The van der Waals surface area contributed by atoms with E-state index in [2.05, 4.69) is 10.6 Å². The first-order chi connectivity index (χ1) is 12.7. The van der Waals surface area contributed by atoms with Gasteiger partial charge in [-0.1, -0.05) is 36.4 Å². The van der Waals surface area contributed by atoms with Crippen LogP contribution < -0.4 is 10.6 Å². The average molecular weight is 356 g/mol. The number of hydrogen-bond acceptors (Lipinski definition) is 3. The van der Waals surface area contributed by atoms with Crippen molar-refractivity contribution in [2.45, 2.75) is 19.4 Å². The monoisotopic (exact) mass is 356 g/mol. The maximum absolute atomic E-state index is 14.0. The number of nitrogens with one attached hydrogen (secondary N) is 2. The standard InChI is InChI=1S/C21H25FN2O2/c22-20-7-6-17(12-18-8-9-23-14-18)13-19(20)21(25)24-10-11-26-15-16-4-2-1-3-5-16/h1-7,13,18,23H,8-12,14-15H2,(H,24,25). The van der Waals surface area contributed by atoms with Gasteiger partial charge in [0.2, 0.25) is 0 Å². The molecular formula is C21H25FN2O2. The van der Waals surface area contributed by atoms with Gasteiger partial charge in [-0.3, -0.25) is 4.79 Å². The molecule has 1 aliphatic heterocycles. The highest BCUT2D eigenvalue weighted by Crippen LogP contribution is 2.18. The first-order valence-corrected chi connectivity index (χ1v) is 9.11. The number of carbonyl (C=O) groups is 1. The summed E-state index contributed by atoms with van der Waals surface area (Å²) in [6, 6.07) is 14.7. The molecule has 1 heterocycles. The van der Waals surface area contributed by atoms with Gasteiger partial charge in [0.25, 0.3) is 5.91 Å². The van der Waals surface area contributed by atoms with Gasteiger partial charge in [0.05, 0.1) is 18.8 Å². The third-order valence-electron chi connectivity index (χ3n) is 4.61. The second kappa shape index (κ2) is 9.46. The van der Waals surface area contributed by atoms with Crippen LogP contribution in [0.25, 0.3) is 0 Å². The van der Waals surface area contributed by atoms with E-state index in [1.54, 1.807) is 12.1 Å². The fourth-order valence-corrected chi connectivity index (χ4v) is 3.19. The lowest BCUT2D eigenvalue weighted by atomic mass is 9.97. The van der Waals surface area contributed by atoms with Gasteiger partial charge >= 0.3 is 0 Å². The molecule has 1 atom stereocenters. The molecule has 26 heavy (non-hydrogen) atoms. The zero-order valence-electron chi connectivity index (χ0n) is 14.8. The largest absolute Gasteiger partial charge is 0.375 e. The highest BCUT2D eigenvalue weighted by Gasteiger charge is 2.17. The lowest BCUT2D eigenvalue weighted by Crippen LogP contribution is -2.28. The molecule has 2 aromatic rings. The molecule has 1 saturated heterocycles. The van der Waals surface area contributed by atoms with E-state index >= 15 is 0 Å². The van der Waals surface area contributed by atoms with E-state index in [0.717, 1.165) is 37.1 Å². The summed E-state index contributed by atoms with van der Waals surface area (Å²) in [5.74, 6) is -0.319. The topological polar surface area (TPSA) is 50.4 Å². The Hall–Kier alpha value is -2.24. The van der Waals surface area contributed by atoms with E-state index in [1.165, 1.54) is 6.07 Å². The second-order valence-electron chi connectivity index (χ2n) is 6.67. The van der Waals surface area contributed by atoms with E-state index in [1.807, 2.05) is 30.3 Å². The molecule has 0 aromatic heterocycles. The Morgan fingerprint density at radius 2 is 2.04 bits per heavy atom. The van der Waals surface area contributed by atoms with Crippen molar-refractivity contribution in [2.75, 3.05) is 26.2 Å². The van der Waals surface area contributed by atoms with Gasteiger partial charge in [0, 0.05) is 6.54 Å². The second-order valence-corrected chi connectivity index (χ2v) is 6.67. The number of carbonyl (C=O) groups excluding carboxylic acids is 1. The molecule has 4 nitrogen and oxygen atoms in total. The Morgan fingerprint density at radius 1 is 1.19 bits per heavy atom. The number of halogens is 1. The minimum atomic E-state index is -0.485. The lowest BCUT2D eigenvalue weighted by Gasteiger charge is -2.11. The molecule has 0 spiro atoms. The van der Waals surface area contributed by atoms with E-state index in [9.17, 15) is 9.18 Å². The van der Waals surface area contributed by atoms with Gasteiger partial charge < -0.3 is 15.4 Å². The normalized spacial score (nSPS) is 16.6. The Morgan fingerprint density at radius 3 is 2.81 bits per heavy atom. The Labute approximate surface area is 153 Å². The first kappa shape index (κ1) is 18.5. The lowest BCUT2D eigenvalue weighted by molar-refractivity contribution is 0.0897.